The predicted molar refractivity (Wildman–Crippen MR) is 54.6 cm³/mol. The third kappa shape index (κ3) is 3.47. The van der Waals surface area contributed by atoms with Crippen molar-refractivity contribution in [3.8, 4) is 0 Å². The number of hydrogen-bond acceptors (Lipinski definition) is 3. The Morgan fingerprint density at radius 1 is 1.50 bits per heavy atom. The highest BCUT2D eigenvalue weighted by Gasteiger charge is 2.13. The number of hydrazine groups is 1. The zero-order valence-corrected chi connectivity index (χ0v) is 8.88. The van der Waals surface area contributed by atoms with Gasteiger partial charge in [0.05, 0.1) is 13.2 Å². The van der Waals surface area contributed by atoms with E-state index in [1.54, 1.807) is 0 Å². The van der Waals surface area contributed by atoms with Crippen LogP contribution < -0.4 is 5.43 Å². The van der Waals surface area contributed by atoms with Crippen molar-refractivity contribution >= 4 is 5.91 Å². The number of rotatable bonds is 3. The molecule has 1 aliphatic heterocycles. The molecule has 0 aromatic rings. The molecule has 1 fully saturated rings. The Hall–Kier alpha value is -0.870. The van der Waals surface area contributed by atoms with Crippen LogP contribution in [0.5, 0.6) is 0 Å². The molecular weight excluding hydrogens is 180 g/mol. The molecule has 1 rings (SSSR count). The maximum atomic E-state index is 11.5. The summed E-state index contributed by atoms with van der Waals surface area (Å²) in [6.45, 7) is 6.77. The largest absolute Gasteiger partial charge is 0.379 e. The van der Waals surface area contributed by atoms with Crippen LogP contribution in [-0.4, -0.2) is 37.2 Å². The lowest BCUT2D eigenvalue weighted by molar-refractivity contribution is -0.124. The van der Waals surface area contributed by atoms with Gasteiger partial charge in [0.15, 0.2) is 0 Å². The zero-order valence-electron chi connectivity index (χ0n) is 8.88. The van der Waals surface area contributed by atoms with Crippen LogP contribution in [0.4, 0.5) is 0 Å². The van der Waals surface area contributed by atoms with Gasteiger partial charge in [0, 0.05) is 18.7 Å². The fourth-order valence-electron chi connectivity index (χ4n) is 1.31. The average Bonchev–Trinajstić information content (AvgIpc) is 2.19. The van der Waals surface area contributed by atoms with Gasteiger partial charge >= 0.3 is 0 Å². The molecule has 0 spiro atoms. The fraction of sp³-hybridized carbons (Fsp3) is 0.700. The summed E-state index contributed by atoms with van der Waals surface area (Å²) in [4.78, 5) is 11.5. The van der Waals surface area contributed by atoms with E-state index in [0.717, 1.165) is 25.1 Å². The molecule has 0 bridgehead atoms. The lowest BCUT2D eigenvalue weighted by Crippen LogP contribution is -2.48. The van der Waals surface area contributed by atoms with E-state index in [1.807, 2.05) is 24.9 Å². The van der Waals surface area contributed by atoms with Crippen LogP contribution in [0.15, 0.2) is 11.6 Å². The molecule has 0 atom stereocenters. The van der Waals surface area contributed by atoms with Gasteiger partial charge in [-0.2, -0.15) is 0 Å². The summed E-state index contributed by atoms with van der Waals surface area (Å²) in [7, 11) is 0. The first-order valence-corrected chi connectivity index (χ1v) is 5.04. The number of morpholine rings is 1. The third-order valence-electron chi connectivity index (χ3n) is 2.14. The summed E-state index contributed by atoms with van der Waals surface area (Å²) in [6.07, 6.45) is 2.82. The van der Waals surface area contributed by atoms with Crippen molar-refractivity contribution in [3.63, 3.8) is 0 Å². The SMILES string of the molecule is CCC=C(C)C(=O)NN1CCOCC1. The number of nitrogens with zero attached hydrogens (tertiary/aromatic N) is 1. The second kappa shape index (κ2) is 5.78. The van der Waals surface area contributed by atoms with Crippen LogP contribution in [0.3, 0.4) is 0 Å². The average molecular weight is 198 g/mol. The number of ether oxygens (including phenoxy) is 1. The maximum absolute atomic E-state index is 11.5. The minimum Gasteiger partial charge on any atom is -0.379 e. The number of hydrogen-bond donors (Lipinski definition) is 1. The molecule has 0 aromatic heterocycles. The number of allylic oxidation sites excluding steroid dienone is 1. The molecule has 1 aliphatic rings. The van der Waals surface area contributed by atoms with E-state index >= 15 is 0 Å². The van der Waals surface area contributed by atoms with Gasteiger partial charge in [0.1, 0.15) is 0 Å². The van der Waals surface area contributed by atoms with Crippen molar-refractivity contribution in [2.75, 3.05) is 26.3 Å². The van der Waals surface area contributed by atoms with Gasteiger partial charge in [0.2, 0.25) is 0 Å². The monoisotopic (exact) mass is 198 g/mol. The molecule has 1 amide bonds. The smallest absolute Gasteiger partial charge is 0.260 e. The molecule has 4 nitrogen and oxygen atoms in total. The highest BCUT2D eigenvalue weighted by molar-refractivity contribution is 5.92. The summed E-state index contributed by atoms with van der Waals surface area (Å²) in [5.74, 6) is -0.00579. The summed E-state index contributed by atoms with van der Waals surface area (Å²) in [5, 5.41) is 1.90. The highest BCUT2D eigenvalue weighted by Crippen LogP contribution is 1.98. The molecule has 0 aliphatic carbocycles. The molecule has 1 saturated heterocycles. The first-order chi connectivity index (χ1) is 6.74. The fourth-order valence-corrected chi connectivity index (χ4v) is 1.31. The van der Waals surface area contributed by atoms with Crippen LogP contribution in [0.2, 0.25) is 0 Å². The van der Waals surface area contributed by atoms with Gasteiger partial charge in [0.25, 0.3) is 5.91 Å². The van der Waals surface area contributed by atoms with E-state index in [1.165, 1.54) is 0 Å². The minimum absolute atomic E-state index is 0.00579. The van der Waals surface area contributed by atoms with Crippen LogP contribution in [0.25, 0.3) is 0 Å². The van der Waals surface area contributed by atoms with Crippen molar-refractivity contribution in [1.82, 2.24) is 10.4 Å². The zero-order chi connectivity index (χ0) is 10.4. The molecule has 80 valence electrons. The second-order valence-electron chi connectivity index (χ2n) is 3.34. The van der Waals surface area contributed by atoms with E-state index < -0.39 is 0 Å². The van der Waals surface area contributed by atoms with Gasteiger partial charge < -0.3 is 4.74 Å². The standard InChI is InChI=1S/C10H18N2O2/c1-3-4-9(2)10(13)11-12-5-7-14-8-6-12/h4H,3,5-8H2,1-2H3,(H,11,13). The molecule has 0 saturated carbocycles. The van der Waals surface area contributed by atoms with Gasteiger partial charge in [-0.25, -0.2) is 5.01 Å². The van der Waals surface area contributed by atoms with Gasteiger partial charge in [-0.1, -0.05) is 13.0 Å². The van der Waals surface area contributed by atoms with Crippen molar-refractivity contribution in [1.29, 1.82) is 0 Å². The van der Waals surface area contributed by atoms with E-state index in [2.05, 4.69) is 5.43 Å². The lowest BCUT2D eigenvalue weighted by Gasteiger charge is -2.27. The van der Waals surface area contributed by atoms with E-state index in [0.29, 0.717) is 13.2 Å². The van der Waals surface area contributed by atoms with E-state index in [-0.39, 0.29) is 5.91 Å². The molecule has 0 radical (unpaired) electrons. The lowest BCUT2D eigenvalue weighted by atomic mass is 10.2. The summed E-state index contributed by atoms with van der Waals surface area (Å²) >= 11 is 0. The summed E-state index contributed by atoms with van der Waals surface area (Å²) in [5.41, 5.74) is 3.63. The van der Waals surface area contributed by atoms with Crippen LogP contribution >= 0.6 is 0 Å². The number of amides is 1. The van der Waals surface area contributed by atoms with Crippen molar-refractivity contribution in [3.05, 3.63) is 11.6 Å². The number of nitrogens with one attached hydrogen (secondary N) is 1. The van der Waals surface area contributed by atoms with Crippen molar-refractivity contribution in [2.24, 2.45) is 0 Å². The number of carbonyl (C=O) groups is 1. The quantitative estimate of drug-likeness (QED) is 0.679. The van der Waals surface area contributed by atoms with Crippen LogP contribution in [-0.2, 0) is 9.53 Å². The summed E-state index contributed by atoms with van der Waals surface area (Å²) in [6, 6.07) is 0. The summed E-state index contributed by atoms with van der Waals surface area (Å²) < 4.78 is 5.18. The Labute approximate surface area is 84.9 Å². The molecule has 4 heteroatoms. The van der Waals surface area contributed by atoms with Crippen LogP contribution in [0.1, 0.15) is 20.3 Å². The molecule has 14 heavy (non-hydrogen) atoms. The Kier molecular flexibility index (Phi) is 4.62. The molecule has 0 aromatic carbocycles. The number of carbonyl (C=O) groups excluding carboxylic acids is 1. The first-order valence-electron chi connectivity index (χ1n) is 5.04. The van der Waals surface area contributed by atoms with Crippen molar-refractivity contribution in [2.45, 2.75) is 20.3 Å². The van der Waals surface area contributed by atoms with Crippen LogP contribution in [0, 0.1) is 0 Å². The molecule has 0 unspecified atom stereocenters. The third-order valence-corrected chi connectivity index (χ3v) is 2.14. The highest BCUT2D eigenvalue weighted by atomic mass is 16.5. The molecular formula is C10H18N2O2. The maximum Gasteiger partial charge on any atom is 0.260 e. The van der Waals surface area contributed by atoms with Gasteiger partial charge in [-0.05, 0) is 13.3 Å². The Morgan fingerprint density at radius 3 is 2.71 bits per heavy atom. The van der Waals surface area contributed by atoms with Gasteiger partial charge in [-0.15, -0.1) is 0 Å². The Balaban J connectivity index is 2.35. The topological polar surface area (TPSA) is 41.6 Å². The molecule has 1 N–H and O–H groups in total. The predicted octanol–water partition coefficient (Wildman–Crippen LogP) is 0.706. The van der Waals surface area contributed by atoms with E-state index in [9.17, 15) is 4.79 Å². The Bertz CT molecular complexity index is 220. The molecule has 1 heterocycles. The normalized spacial score (nSPS) is 19.4. The second-order valence-corrected chi connectivity index (χ2v) is 3.34. The van der Waals surface area contributed by atoms with Gasteiger partial charge in [-0.3, -0.25) is 10.2 Å². The first kappa shape index (κ1) is 11.2. The van der Waals surface area contributed by atoms with E-state index in [4.69, 9.17) is 4.74 Å². The van der Waals surface area contributed by atoms with Crippen molar-refractivity contribution < 1.29 is 9.53 Å². The Morgan fingerprint density at radius 2 is 2.14 bits per heavy atom. The minimum atomic E-state index is -0.00579.